The zero-order chi connectivity index (χ0) is 23.0. The fourth-order valence-electron chi connectivity index (χ4n) is 3.54. The van der Waals surface area contributed by atoms with Crippen molar-refractivity contribution in [1.82, 2.24) is 9.55 Å². The van der Waals surface area contributed by atoms with E-state index in [1.54, 1.807) is 18.2 Å². The molecule has 1 aromatic carbocycles. The number of H-pyrrole nitrogens is 1. The number of nitrogens with one attached hydrogen (secondary N) is 1. The number of aryl methyl sites for hydroxylation is 1. The molecule has 1 N–H and O–H groups in total. The average Bonchev–Trinajstić information content (AvgIpc) is 2.89. The van der Waals surface area contributed by atoms with Crippen LogP contribution in [0.25, 0.3) is 0 Å². The number of hydrogen-bond acceptors (Lipinski definition) is 7. The lowest BCUT2D eigenvalue weighted by molar-refractivity contribution is -0.175. The smallest absolute Gasteiger partial charge is 0.338 e. The van der Waals surface area contributed by atoms with Gasteiger partial charge in [0.1, 0.15) is 12.7 Å². The Labute approximate surface area is 176 Å². The Morgan fingerprint density at radius 1 is 1.23 bits per heavy atom. The number of ether oxygens (including phenoxy) is 3. The number of nitrogens with zero attached hydrogens (tertiary/aromatic N) is 1. The largest absolute Gasteiger partial charge is 0.459 e. The van der Waals surface area contributed by atoms with Gasteiger partial charge in [0.05, 0.1) is 5.56 Å². The molecule has 2 aromatic rings. The van der Waals surface area contributed by atoms with E-state index in [9.17, 15) is 19.2 Å². The topological polar surface area (TPSA) is 117 Å². The highest BCUT2D eigenvalue weighted by atomic mass is 19.1. The van der Waals surface area contributed by atoms with E-state index in [0.717, 1.165) is 13.8 Å². The first kappa shape index (κ1) is 22.4. The Morgan fingerprint density at radius 2 is 1.87 bits per heavy atom. The standard InChI is InChI=1S/C21H23FN2O7/c1-12-10-23-19(28)24(16(12)26)18-20(3,22)21(4,31-13(2)25)15(30-18)11-29-17(27)14-8-6-5-7-9-14/h5-10,15,18H,11H2,1-4H3,(H,23,28)/t15-,18+,20+,21-/m1/s1. The van der Waals surface area contributed by atoms with Gasteiger partial charge in [0.2, 0.25) is 0 Å². The van der Waals surface area contributed by atoms with Crippen LogP contribution in [0.3, 0.4) is 0 Å². The van der Waals surface area contributed by atoms with Crippen LogP contribution in [0, 0.1) is 6.92 Å². The lowest BCUT2D eigenvalue weighted by atomic mass is 9.84. The highest BCUT2D eigenvalue weighted by Gasteiger charge is 2.67. The fraction of sp³-hybridized carbons (Fsp3) is 0.429. The van der Waals surface area contributed by atoms with E-state index in [0.29, 0.717) is 4.57 Å². The van der Waals surface area contributed by atoms with Crippen molar-refractivity contribution in [2.45, 2.75) is 51.3 Å². The molecule has 0 unspecified atom stereocenters. The molecule has 9 nitrogen and oxygen atoms in total. The lowest BCUT2D eigenvalue weighted by Crippen LogP contribution is -2.56. The fourth-order valence-corrected chi connectivity index (χ4v) is 3.54. The van der Waals surface area contributed by atoms with Crippen LogP contribution < -0.4 is 11.2 Å². The molecule has 1 fully saturated rings. The molecule has 0 spiro atoms. The van der Waals surface area contributed by atoms with Gasteiger partial charge >= 0.3 is 17.6 Å². The number of carbonyl (C=O) groups excluding carboxylic acids is 2. The van der Waals surface area contributed by atoms with Gasteiger partial charge in [-0.1, -0.05) is 18.2 Å². The van der Waals surface area contributed by atoms with Crippen LogP contribution >= 0.6 is 0 Å². The highest BCUT2D eigenvalue weighted by molar-refractivity contribution is 5.89. The van der Waals surface area contributed by atoms with Crippen molar-refractivity contribution in [3.63, 3.8) is 0 Å². The zero-order valence-electron chi connectivity index (χ0n) is 17.5. The maximum Gasteiger partial charge on any atom is 0.338 e. The summed E-state index contributed by atoms with van der Waals surface area (Å²) >= 11 is 0. The van der Waals surface area contributed by atoms with Crippen LogP contribution in [0.2, 0.25) is 0 Å². The molecule has 1 aliphatic rings. The predicted molar refractivity (Wildman–Crippen MR) is 106 cm³/mol. The molecule has 1 aromatic heterocycles. The summed E-state index contributed by atoms with van der Waals surface area (Å²) in [5, 5.41) is 0. The first-order valence-corrected chi connectivity index (χ1v) is 9.56. The minimum absolute atomic E-state index is 0.159. The van der Waals surface area contributed by atoms with Crippen LogP contribution in [-0.4, -0.2) is 45.5 Å². The molecule has 3 rings (SSSR count). The predicted octanol–water partition coefficient (Wildman–Crippen LogP) is 1.65. The highest BCUT2D eigenvalue weighted by Crippen LogP contribution is 2.49. The molecular formula is C21H23FN2O7. The summed E-state index contributed by atoms with van der Waals surface area (Å²) < 4.78 is 32.9. The Hall–Kier alpha value is -3.27. The van der Waals surface area contributed by atoms with Crippen LogP contribution in [0.1, 0.15) is 42.9 Å². The van der Waals surface area contributed by atoms with E-state index in [1.165, 1.54) is 32.2 Å². The Bertz CT molecular complexity index is 1110. The second-order valence-electron chi connectivity index (χ2n) is 7.67. The molecular weight excluding hydrogens is 411 g/mol. The molecule has 166 valence electrons. The van der Waals surface area contributed by atoms with Gasteiger partial charge in [-0.25, -0.2) is 18.5 Å². The molecule has 1 saturated heterocycles. The number of hydrogen-bond donors (Lipinski definition) is 1. The van der Waals surface area contributed by atoms with Gasteiger partial charge in [0, 0.05) is 18.7 Å². The average molecular weight is 434 g/mol. The molecule has 4 atom stereocenters. The molecule has 2 heterocycles. The summed E-state index contributed by atoms with van der Waals surface area (Å²) in [6.07, 6.45) is -1.82. The molecule has 31 heavy (non-hydrogen) atoms. The van der Waals surface area contributed by atoms with Gasteiger partial charge in [0.15, 0.2) is 17.5 Å². The second kappa shape index (κ2) is 8.10. The van der Waals surface area contributed by atoms with Crippen molar-refractivity contribution in [3.8, 4) is 0 Å². The maximum atomic E-state index is 16.1. The number of halogens is 1. The van der Waals surface area contributed by atoms with Gasteiger partial charge in [-0.3, -0.25) is 9.59 Å². The van der Waals surface area contributed by atoms with E-state index < -0.39 is 53.4 Å². The molecule has 0 radical (unpaired) electrons. The quantitative estimate of drug-likeness (QED) is 0.711. The molecule has 1 aliphatic heterocycles. The molecule has 0 bridgehead atoms. The summed E-state index contributed by atoms with van der Waals surface area (Å²) in [6.45, 7) is 4.39. The van der Waals surface area contributed by atoms with Crippen molar-refractivity contribution in [3.05, 3.63) is 68.5 Å². The summed E-state index contributed by atoms with van der Waals surface area (Å²) in [4.78, 5) is 51.3. The first-order chi connectivity index (χ1) is 14.5. The van der Waals surface area contributed by atoms with Gasteiger partial charge in [-0.05, 0) is 32.9 Å². The summed E-state index contributed by atoms with van der Waals surface area (Å²) in [7, 11) is 0. The minimum atomic E-state index is -2.52. The second-order valence-corrected chi connectivity index (χ2v) is 7.67. The van der Waals surface area contributed by atoms with Crippen LogP contribution in [0.4, 0.5) is 4.39 Å². The minimum Gasteiger partial charge on any atom is -0.459 e. The SMILES string of the molecule is CC(=O)O[C@]1(C)[C@@H](COC(=O)c2ccccc2)O[C@H](n2c(=O)[nH]cc(C)c2=O)[C@]1(C)F. The Balaban J connectivity index is 1.98. The van der Waals surface area contributed by atoms with Crippen molar-refractivity contribution >= 4 is 11.9 Å². The van der Waals surface area contributed by atoms with E-state index >= 15 is 4.39 Å². The Kier molecular flexibility index (Phi) is 5.86. The number of esters is 2. The maximum absolute atomic E-state index is 16.1. The number of alkyl halides is 1. The van der Waals surface area contributed by atoms with Gasteiger partial charge < -0.3 is 19.2 Å². The third-order valence-electron chi connectivity index (χ3n) is 5.49. The normalized spacial score (nSPS) is 27.6. The van der Waals surface area contributed by atoms with E-state index in [4.69, 9.17) is 14.2 Å². The third kappa shape index (κ3) is 3.90. The monoisotopic (exact) mass is 434 g/mol. The lowest BCUT2D eigenvalue weighted by Gasteiger charge is -2.36. The van der Waals surface area contributed by atoms with Crippen molar-refractivity contribution in [1.29, 1.82) is 0 Å². The van der Waals surface area contributed by atoms with Crippen molar-refractivity contribution in [2.24, 2.45) is 0 Å². The van der Waals surface area contributed by atoms with Crippen LogP contribution in [0.15, 0.2) is 46.1 Å². The number of benzene rings is 1. The first-order valence-electron chi connectivity index (χ1n) is 9.56. The molecule has 0 amide bonds. The van der Waals surface area contributed by atoms with Crippen LogP contribution in [0.5, 0.6) is 0 Å². The number of aromatic nitrogens is 2. The van der Waals surface area contributed by atoms with Crippen molar-refractivity contribution in [2.75, 3.05) is 6.61 Å². The third-order valence-corrected chi connectivity index (χ3v) is 5.49. The molecule has 10 heteroatoms. The van der Waals surface area contributed by atoms with E-state index in [2.05, 4.69) is 4.98 Å². The Morgan fingerprint density at radius 3 is 2.48 bits per heavy atom. The number of carbonyl (C=O) groups is 2. The molecule has 0 aliphatic carbocycles. The zero-order valence-corrected chi connectivity index (χ0v) is 17.5. The van der Waals surface area contributed by atoms with Gasteiger partial charge in [-0.2, -0.15) is 0 Å². The van der Waals surface area contributed by atoms with Gasteiger partial charge in [0.25, 0.3) is 5.56 Å². The summed E-state index contributed by atoms with van der Waals surface area (Å²) in [5.41, 5.74) is -5.71. The summed E-state index contributed by atoms with van der Waals surface area (Å²) in [6, 6.07) is 8.10. The summed E-state index contributed by atoms with van der Waals surface area (Å²) in [5.74, 6) is -1.50. The van der Waals surface area contributed by atoms with Crippen molar-refractivity contribution < 1.29 is 28.2 Å². The number of aromatic amines is 1. The van der Waals surface area contributed by atoms with E-state index in [-0.39, 0.29) is 11.1 Å². The number of rotatable bonds is 5. The van der Waals surface area contributed by atoms with Gasteiger partial charge in [-0.15, -0.1) is 0 Å². The molecule has 0 saturated carbocycles. The van der Waals surface area contributed by atoms with E-state index in [1.807, 2.05) is 0 Å². The van der Waals surface area contributed by atoms with Crippen LogP contribution in [-0.2, 0) is 19.0 Å².